The lowest BCUT2D eigenvalue weighted by atomic mass is 10.2. The van der Waals surface area contributed by atoms with Gasteiger partial charge < -0.3 is 4.90 Å². The molecular formula is C18H17BrFN3OS. The number of likely N-dealkylation sites (N-methyl/N-ethyl adjacent to an activating group) is 1. The first kappa shape index (κ1) is 18.0. The molecule has 7 heteroatoms. The summed E-state index contributed by atoms with van der Waals surface area (Å²) in [6, 6.07) is 12.1. The zero-order valence-corrected chi connectivity index (χ0v) is 16.3. The van der Waals surface area contributed by atoms with Crippen LogP contribution in [0.15, 0.2) is 46.9 Å². The second kappa shape index (κ2) is 7.59. The van der Waals surface area contributed by atoms with E-state index < -0.39 is 0 Å². The van der Waals surface area contributed by atoms with Crippen molar-refractivity contribution < 1.29 is 9.18 Å². The summed E-state index contributed by atoms with van der Waals surface area (Å²) in [5.74, 6) is -0.533. The van der Waals surface area contributed by atoms with Crippen LogP contribution in [0, 0.1) is 5.82 Å². The van der Waals surface area contributed by atoms with Crippen molar-refractivity contribution in [3.8, 4) is 0 Å². The first-order valence-electron chi connectivity index (χ1n) is 7.73. The van der Waals surface area contributed by atoms with Crippen molar-refractivity contribution in [3.05, 3.63) is 58.3 Å². The summed E-state index contributed by atoms with van der Waals surface area (Å²) >= 11 is 4.75. The third kappa shape index (κ3) is 3.89. The molecule has 0 N–H and O–H groups in total. The van der Waals surface area contributed by atoms with E-state index in [9.17, 15) is 9.18 Å². The molecule has 0 bridgehead atoms. The van der Waals surface area contributed by atoms with Crippen LogP contribution >= 0.6 is 27.3 Å². The molecule has 1 amide bonds. The molecular weight excluding hydrogens is 405 g/mol. The number of fused-ring (bicyclic) bond motifs is 1. The van der Waals surface area contributed by atoms with Gasteiger partial charge in [-0.25, -0.2) is 9.37 Å². The van der Waals surface area contributed by atoms with Crippen LogP contribution in [0.1, 0.15) is 10.4 Å². The monoisotopic (exact) mass is 421 g/mol. The average molecular weight is 422 g/mol. The number of benzene rings is 2. The number of nitrogens with zero attached hydrogens (tertiary/aromatic N) is 3. The maximum absolute atomic E-state index is 14.0. The first-order chi connectivity index (χ1) is 12.0. The van der Waals surface area contributed by atoms with Gasteiger partial charge in [0.2, 0.25) is 0 Å². The molecule has 130 valence electrons. The van der Waals surface area contributed by atoms with E-state index in [2.05, 4.69) is 20.9 Å². The second-order valence-electron chi connectivity index (χ2n) is 5.82. The van der Waals surface area contributed by atoms with Crippen molar-refractivity contribution in [1.82, 2.24) is 9.88 Å². The number of rotatable bonds is 5. The molecule has 0 unspecified atom stereocenters. The average Bonchev–Trinajstić information content (AvgIpc) is 3.00. The number of para-hydroxylation sites is 1. The van der Waals surface area contributed by atoms with Crippen LogP contribution in [0.4, 0.5) is 9.52 Å². The van der Waals surface area contributed by atoms with E-state index >= 15 is 0 Å². The molecule has 0 radical (unpaired) electrons. The van der Waals surface area contributed by atoms with Gasteiger partial charge in [0.1, 0.15) is 11.3 Å². The van der Waals surface area contributed by atoms with Gasteiger partial charge in [0.25, 0.3) is 5.91 Å². The number of hydrogen-bond donors (Lipinski definition) is 0. The van der Waals surface area contributed by atoms with Crippen molar-refractivity contribution in [2.24, 2.45) is 0 Å². The fraction of sp³-hybridized carbons (Fsp3) is 0.222. The molecule has 0 fully saturated rings. The van der Waals surface area contributed by atoms with Crippen molar-refractivity contribution in [3.63, 3.8) is 0 Å². The highest BCUT2D eigenvalue weighted by molar-refractivity contribution is 9.10. The molecule has 3 rings (SSSR count). The Bertz CT molecular complexity index is 912. The number of halogens is 2. The topological polar surface area (TPSA) is 36.4 Å². The standard InChI is InChI=1S/C18H17BrFN3OS/c1-22(2)10-11-23(17(24)12-6-3-4-7-13(12)19)18-21-16-14(20)8-5-9-15(16)25-18/h3-9H,10-11H2,1-2H3. The fourth-order valence-electron chi connectivity index (χ4n) is 2.38. The number of aromatic nitrogens is 1. The predicted molar refractivity (Wildman–Crippen MR) is 104 cm³/mol. The smallest absolute Gasteiger partial charge is 0.261 e. The van der Waals surface area contributed by atoms with E-state index in [4.69, 9.17) is 0 Å². The van der Waals surface area contributed by atoms with Gasteiger partial charge >= 0.3 is 0 Å². The molecule has 0 saturated heterocycles. The van der Waals surface area contributed by atoms with E-state index in [1.807, 2.05) is 43.3 Å². The minimum atomic E-state index is -0.374. The molecule has 0 aliphatic rings. The van der Waals surface area contributed by atoms with Gasteiger partial charge in [-0.2, -0.15) is 0 Å². The van der Waals surface area contributed by atoms with Gasteiger partial charge in [-0.1, -0.05) is 29.5 Å². The lowest BCUT2D eigenvalue weighted by Crippen LogP contribution is -2.36. The number of carbonyl (C=O) groups excluding carboxylic acids is 1. The van der Waals surface area contributed by atoms with Crippen LogP contribution < -0.4 is 4.90 Å². The van der Waals surface area contributed by atoms with Gasteiger partial charge in [-0.05, 0) is 54.3 Å². The van der Waals surface area contributed by atoms with E-state index in [0.29, 0.717) is 29.3 Å². The van der Waals surface area contributed by atoms with Crippen molar-refractivity contribution in [1.29, 1.82) is 0 Å². The number of carbonyl (C=O) groups is 1. The second-order valence-corrected chi connectivity index (χ2v) is 7.69. The molecule has 25 heavy (non-hydrogen) atoms. The molecule has 0 saturated carbocycles. The highest BCUT2D eigenvalue weighted by Crippen LogP contribution is 2.31. The molecule has 0 aliphatic carbocycles. The van der Waals surface area contributed by atoms with Crippen LogP contribution in [-0.4, -0.2) is 43.0 Å². The van der Waals surface area contributed by atoms with Gasteiger partial charge in [0, 0.05) is 17.6 Å². The Morgan fingerprint density at radius 1 is 1.16 bits per heavy atom. The SMILES string of the molecule is CN(C)CCN(C(=O)c1ccccc1Br)c1nc2c(F)cccc2s1. The zero-order chi connectivity index (χ0) is 18.0. The number of amides is 1. The summed E-state index contributed by atoms with van der Waals surface area (Å²) in [5.41, 5.74) is 0.860. The third-order valence-electron chi connectivity index (χ3n) is 3.71. The number of anilines is 1. The molecule has 3 aromatic rings. The molecule has 1 heterocycles. The molecule has 0 spiro atoms. The summed E-state index contributed by atoms with van der Waals surface area (Å²) in [7, 11) is 3.89. The van der Waals surface area contributed by atoms with Gasteiger partial charge in [-0.3, -0.25) is 9.69 Å². The molecule has 0 aliphatic heterocycles. The van der Waals surface area contributed by atoms with E-state index in [0.717, 1.165) is 9.17 Å². The summed E-state index contributed by atoms with van der Waals surface area (Å²) in [6.45, 7) is 1.14. The summed E-state index contributed by atoms with van der Waals surface area (Å²) in [4.78, 5) is 21.1. The zero-order valence-electron chi connectivity index (χ0n) is 13.9. The summed E-state index contributed by atoms with van der Waals surface area (Å²) in [6.07, 6.45) is 0. The predicted octanol–water partition coefficient (Wildman–Crippen LogP) is 4.41. The van der Waals surface area contributed by atoms with E-state index in [1.165, 1.54) is 17.4 Å². The highest BCUT2D eigenvalue weighted by atomic mass is 79.9. The van der Waals surface area contributed by atoms with Crippen LogP contribution in [0.3, 0.4) is 0 Å². The molecule has 2 aromatic carbocycles. The fourth-order valence-corrected chi connectivity index (χ4v) is 3.84. The third-order valence-corrected chi connectivity index (χ3v) is 5.44. The molecule has 4 nitrogen and oxygen atoms in total. The Morgan fingerprint density at radius 2 is 1.92 bits per heavy atom. The minimum absolute atomic E-state index is 0.159. The lowest BCUT2D eigenvalue weighted by molar-refractivity contribution is 0.0984. The van der Waals surface area contributed by atoms with Crippen LogP contribution in [0.2, 0.25) is 0 Å². The number of thiazole rings is 1. The van der Waals surface area contributed by atoms with E-state index in [1.54, 1.807) is 17.0 Å². The van der Waals surface area contributed by atoms with Gasteiger partial charge in [0.15, 0.2) is 5.13 Å². The first-order valence-corrected chi connectivity index (χ1v) is 9.34. The van der Waals surface area contributed by atoms with Crippen LogP contribution in [0.5, 0.6) is 0 Å². The quantitative estimate of drug-likeness (QED) is 0.612. The van der Waals surface area contributed by atoms with Crippen LogP contribution in [-0.2, 0) is 0 Å². The van der Waals surface area contributed by atoms with Crippen molar-refractivity contribution in [2.45, 2.75) is 0 Å². The molecule has 0 atom stereocenters. The maximum atomic E-state index is 14.0. The maximum Gasteiger partial charge on any atom is 0.261 e. The Balaban J connectivity index is 2.03. The summed E-state index contributed by atoms with van der Waals surface area (Å²) < 4.78 is 15.4. The molecule has 1 aromatic heterocycles. The Hall–Kier alpha value is -1.83. The Labute approximate surface area is 158 Å². The summed E-state index contributed by atoms with van der Waals surface area (Å²) in [5, 5.41) is 0.503. The van der Waals surface area contributed by atoms with Crippen molar-refractivity contribution >= 4 is 48.5 Å². The highest BCUT2D eigenvalue weighted by Gasteiger charge is 2.23. The lowest BCUT2D eigenvalue weighted by Gasteiger charge is -2.22. The van der Waals surface area contributed by atoms with Gasteiger partial charge in [-0.15, -0.1) is 0 Å². The Kier molecular flexibility index (Phi) is 5.46. The van der Waals surface area contributed by atoms with Crippen molar-refractivity contribution in [2.75, 3.05) is 32.1 Å². The normalized spacial score (nSPS) is 11.2. The number of hydrogen-bond acceptors (Lipinski definition) is 4. The minimum Gasteiger partial charge on any atom is -0.308 e. The Morgan fingerprint density at radius 3 is 2.60 bits per heavy atom. The largest absolute Gasteiger partial charge is 0.308 e. The van der Waals surface area contributed by atoms with Gasteiger partial charge in [0.05, 0.1) is 10.3 Å². The van der Waals surface area contributed by atoms with E-state index in [-0.39, 0.29) is 11.7 Å². The van der Waals surface area contributed by atoms with Crippen LogP contribution in [0.25, 0.3) is 10.2 Å².